The van der Waals surface area contributed by atoms with Gasteiger partial charge in [-0.2, -0.15) is 0 Å². The van der Waals surface area contributed by atoms with E-state index in [2.05, 4.69) is 179 Å². The van der Waals surface area contributed by atoms with Crippen molar-refractivity contribution in [2.45, 2.75) is 0 Å². The third-order valence-electron chi connectivity index (χ3n) is 11.9. The molecule has 0 saturated heterocycles. The quantitative estimate of drug-likeness (QED) is 0.182. The molecule has 0 fully saturated rings. The van der Waals surface area contributed by atoms with E-state index in [0.29, 0.717) is 5.95 Å². The van der Waals surface area contributed by atoms with E-state index in [1.807, 2.05) is 12.1 Å². The van der Waals surface area contributed by atoms with Crippen LogP contribution in [-0.2, 0) is 0 Å². The minimum Gasteiger partial charge on any atom is -0.456 e. The molecular weight excluding hydrogens is 697 g/mol. The fourth-order valence-corrected chi connectivity index (χ4v) is 9.31. The van der Waals surface area contributed by atoms with E-state index >= 15 is 0 Å². The first-order valence-corrected chi connectivity index (χ1v) is 19.3. The van der Waals surface area contributed by atoms with Crippen molar-refractivity contribution in [3.63, 3.8) is 0 Å². The third kappa shape index (κ3) is 4.34. The summed E-state index contributed by atoms with van der Waals surface area (Å²) >= 11 is 0. The Balaban J connectivity index is 1.14. The van der Waals surface area contributed by atoms with Gasteiger partial charge in [-0.15, -0.1) is 0 Å². The van der Waals surface area contributed by atoms with Gasteiger partial charge in [0, 0.05) is 43.3 Å². The van der Waals surface area contributed by atoms with Crippen LogP contribution in [0.15, 0.2) is 186 Å². The first-order chi connectivity index (χ1) is 28.2. The van der Waals surface area contributed by atoms with Gasteiger partial charge in [0.2, 0.25) is 5.95 Å². The van der Waals surface area contributed by atoms with Crippen molar-refractivity contribution < 1.29 is 4.42 Å². The Bertz CT molecular complexity index is 3830. The van der Waals surface area contributed by atoms with Crippen molar-refractivity contribution in [2.24, 2.45) is 0 Å². The number of benzene rings is 9. The molecule has 5 nitrogen and oxygen atoms in total. The highest BCUT2D eigenvalue weighted by Crippen LogP contribution is 2.42. The summed E-state index contributed by atoms with van der Waals surface area (Å²) in [5, 5.41) is 12.7. The van der Waals surface area contributed by atoms with Crippen molar-refractivity contribution in [1.82, 2.24) is 19.1 Å². The number of nitrogens with zero attached hydrogens (tertiary/aromatic N) is 4. The predicted octanol–water partition coefficient (Wildman–Crippen LogP) is 13.7. The second-order valence-electron chi connectivity index (χ2n) is 15.0. The Hall–Kier alpha value is -7.76. The zero-order valence-electron chi connectivity index (χ0n) is 30.5. The van der Waals surface area contributed by atoms with Gasteiger partial charge in [-0.3, -0.25) is 4.57 Å². The maximum atomic E-state index is 6.37. The van der Waals surface area contributed by atoms with Gasteiger partial charge in [-0.1, -0.05) is 115 Å². The molecule has 5 heteroatoms. The molecule has 264 valence electrons. The van der Waals surface area contributed by atoms with Crippen molar-refractivity contribution in [1.29, 1.82) is 0 Å². The second-order valence-corrected chi connectivity index (χ2v) is 15.0. The van der Waals surface area contributed by atoms with Crippen LogP contribution in [0.4, 0.5) is 0 Å². The lowest BCUT2D eigenvalue weighted by Crippen LogP contribution is -2.03. The van der Waals surface area contributed by atoms with Crippen LogP contribution in [0.3, 0.4) is 0 Å². The lowest BCUT2D eigenvalue weighted by atomic mass is 10.0. The summed E-state index contributed by atoms with van der Waals surface area (Å²) in [7, 11) is 0. The molecule has 9 aromatic carbocycles. The normalized spacial score (nSPS) is 12.2. The molecule has 0 N–H and O–H groups in total. The van der Waals surface area contributed by atoms with E-state index in [-0.39, 0.29) is 0 Å². The van der Waals surface area contributed by atoms with Crippen molar-refractivity contribution >= 4 is 98.0 Å². The van der Waals surface area contributed by atoms with Crippen molar-refractivity contribution in [2.75, 3.05) is 0 Å². The minimum atomic E-state index is 0.619. The zero-order chi connectivity index (χ0) is 37.2. The summed E-state index contributed by atoms with van der Waals surface area (Å²) < 4.78 is 11.1. The Labute approximate surface area is 325 Å². The molecule has 0 aliphatic rings. The Morgan fingerprint density at radius 1 is 0.368 bits per heavy atom. The van der Waals surface area contributed by atoms with Crippen LogP contribution in [0.5, 0.6) is 0 Å². The lowest BCUT2D eigenvalue weighted by molar-refractivity contribution is 0.669. The Morgan fingerprint density at radius 2 is 0.982 bits per heavy atom. The maximum Gasteiger partial charge on any atom is 0.235 e. The summed E-state index contributed by atoms with van der Waals surface area (Å²) in [6, 6.07) is 64.9. The molecule has 4 heterocycles. The van der Waals surface area contributed by atoms with Crippen molar-refractivity contribution in [3.8, 4) is 22.9 Å². The number of fused-ring (bicyclic) bond motifs is 12. The Morgan fingerprint density at radius 3 is 1.79 bits per heavy atom. The third-order valence-corrected chi connectivity index (χ3v) is 11.9. The van der Waals surface area contributed by atoms with Crippen LogP contribution in [-0.4, -0.2) is 19.1 Å². The molecule has 0 radical (unpaired) electrons. The van der Waals surface area contributed by atoms with Gasteiger partial charge in [0.1, 0.15) is 11.2 Å². The molecule has 0 aliphatic carbocycles. The topological polar surface area (TPSA) is 48.8 Å². The van der Waals surface area contributed by atoms with E-state index < -0.39 is 0 Å². The summed E-state index contributed by atoms with van der Waals surface area (Å²) in [6.45, 7) is 0. The van der Waals surface area contributed by atoms with Crippen LogP contribution >= 0.6 is 0 Å². The maximum absolute atomic E-state index is 6.37. The van der Waals surface area contributed by atoms with Crippen LogP contribution in [0.1, 0.15) is 0 Å². The summed E-state index contributed by atoms with van der Waals surface area (Å²) in [5.41, 5.74) is 9.98. The largest absolute Gasteiger partial charge is 0.456 e. The lowest BCUT2D eigenvalue weighted by Gasteiger charge is -2.13. The second kappa shape index (κ2) is 11.4. The molecule has 0 spiro atoms. The highest BCUT2D eigenvalue weighted by atomic mass is 16.3. The van der Waals surface area contributed by atoms with E-state index in [1.54, 1.807) is 0 Å². The summed E-state index contributed by atoms with van der Waals surface area (Å²) in [6.07, 6.45) is 0. The molecule has 0 saturated carbocycles. The van der Waals surface area contributed by atoms with Crippen LogP contribution < -0.4 is 0 Å². The predicted molar refractivity (Wildman–Crippen MR) is 236 cm³/mol. The van der Waals surface area contributed by atoms with Crippen LogP contribution in [0, 0.1) is 0 Å². The highest BCUT2D eigenvalue weighted by Gasteiger charge is 2.23. The summed E-state index contributed by atoms with van der Waals surface area (Å²) in [4.78, 5) is 10.8. The molecule has 4 aromatic heterocycles. The molecular formula is C52H30N4O. The van der Waals surface area contributed by atoms with E-state index in [4.69, 9.17) is 14.4 Å². The van der Waals surface area contributed by atoms with Gasteiger partial charge in [0.05, 0.1) is 39.0 Å². The molecule has 0 atom stereocenters. The average Bonchev–Trinajstić information content (AvgIpc) is 3.91. The Kier molecular flexibility index (Phi) is 6.10. The molecule has 13 aromatic rings. The number of rotatable bonds is 3. The van der Waals surface area contributed by atoms with Gasteiger partial charge in [-0.05, 0) is 88.3 Å². The van der Waals surface area contributed by atoms with E-state index in [1.165, 1.54) is 38.0 Å². The van der Waals surface area contributed by atoms with Gasteiger partial charge in [0.15, 0.2) is 0 Å². The number of para-hydroxylation sites is 3. The fourth-order valence-electron chi connectivity index (χ4n) is 9.31. The van der Waals surface area contributed by atoms with Gasteiger partial charge in [0.25, 0.3) is 0 Å². The molecule has 0 amide bonds. The van der Waals surface area contributed by atoms with Crippen LogP contribution in [0.25, 0.3) is 121 Å². The van der Waals surface area contributed by atoms with Crippen molar-refractivity contribution in [3.05, 3.63) is 182 Å². The SMILES string of the molecule is c1ccc2cc3c(cc2c1)c1ccccc1n3-c1cccc2c1c1cc3ccccc3cc1n2-c1nc(-c2ccc3c(c2)oc2ccccc23)c2ccccc2n1. The number of hydrogen-bond acceptors (Lipinski definition) is 3. The van der Waals surface area contributed by atoms with E-state index in [0.717, 1.165) is 77.0 Å². The van der Waals surface area contributed by atoms with Gasteiger partial charge >= 0.3 is 0 Å². The number of hydrogen-bond donors (Lipinski definition) is 0. The van der Waals surface area contributed by atoms with Gasteiger partial charge in [-0.25, -0.2) is 9.97 Å². The van der Waals surface area contributed by atoms with E-state index in [9.17, 15) is 0 Å². The first kappa shape index (κ1) is 30.6. The first-order valence-electron chi connectivity index (χ1n) is 19.3. The molecule has 57 heavy (non-hydrogen) atoms. The molecule has 13 rings (SSSR count). The van der Waals surface area contributed by atoms with Gasteiger partial charge < -0.3 is 8.98 Å². The molecule has 0 unspecified atom stereocenters. The standard InChI is InChI=1S/C52H30N4O/c1-3-14-33-28-46-40(26-31(33)12-1)36-16-6-9-20-43(36)55(46)44-21-11-22-45-50(44)41-27-32-13-2-4-15-34(32)29-47(41)56(45)52-53-42-19-8-5-18-39(42)51(54-52)35-24-25-38-37-17-7-10-23-48(37)57-49(38)30-35/h1-30H. The fraction of sp³-hybridized carbons (Fsp3) is 0. The zero-order valence-corrected chi connectivity index (χ0v) is 30.5. The number of furan rings is 1. The highest BCUT2D eigenvalue weighted by molar-refractivity contribution is 6.20. The summed E-state index contributed by atoms with van der Waals surface area (Å²) in [5.74, 6) is 0.619. The molecule has 0 bridgehead atoms. The van der Waals surface area contributed by atoms with Crippen LogP contribution in [0.2, 0.25) is 0 Å². The smallest absolute Gasteiger partial charge is 0.235 e. The minimum absolute atomic E-state index is 0.619. The average molecular weight is 727 g/mol. The monoisotopic (exact) mass is 726 g/mol. The molecule has 0 aliphatic heterocycles. The number of aromatic nitrogens is 4.